The summed E-state index contributed by atoms with van der Waals surface area (Å²) in [5.74, 6) is 0.669. The molecule has 1 aromatic heterocycles. The molecule has 0 aliphatic carbocycles. The van der Waals surface area contributed by atoms with Crippen molar-refractivity contribution in [2.45, 2.75) is 19.3 Å². The highest BCUT2D eigenvalue weighted by Gasteiger charge is 2.28. The molecule has 28 heavy (non-hydrogen) atoms. The van der Waals surface area contributed by atoms with Crippen LogP contribution >= 0.6 is 0 Å². The molecule has 3 aromatic rings. The van der Waals surface area contributed by atoms with Crippen molar-refractivity contribution in [3.63, 3.8) is 0 Å². The summed E-state index contributed by atoms with van der Waals surface area (Å²) in [7, 11) is 0. The Morgan fingerprint density at radius 3 is 2.64 bits per heavy atom. The van der Waals surface area contributed by atoms with Crippen LogP contribution in [0.5, 0.6) is 5.75 Å². The lowest BCUT2D eigenvalue weighted by molar-refractivity contribution is 0.0695. The Morgan fingerprint density at radius 1 is 1.11 bits per heavy atom. The molecular formula is C22H21N3O3. The summed E-state index contributed by atoms with van der Waals surface area (Å²) in [6, 6.07) is 16.1. The van der Waals surface area contributed by atoms with E-state index < -0.39 is 5.97 Å². The average Bonchev–Trinajstić information content (AvgIpc) is 3.18. The van der Waals surface area contributed by atoms with E-state index in [4.69, 9.17) is 0 Å². The largest absolute Gasteiger partial charge is 0.507 e. The van der Waals surface area contributed by atoms with Gasteiger partial charge in [-0.1, -0.05) is 30.3 Å². The third-order valence-corrected chi connectivity index (χ3v) is 5.13. The topological polar surface area (TPSA) is 86.6 Å². The smallest absolute Gasteiger partial charge is 0.335 e. The summed E-state index contributed by atoms with van der Waals surface area (Å²) in [6.07, 6.45) is 0.860. The van der Waals surface area contributed by atoms with Gasteiger partial charge in [0.2, 0.25) is 0 Å². The number of benzene rings is 2. The molecule has 1 atom stereocenters. The molecule has 6 heteroatoms. The molecule has 1 saturated heterocycles. The van der Waals surface area contributed by atoms with Gasteiger partial charge < -0.3 is 15.1 Å². The number of hydrogen-bond donors (Lipinski definition) is 2. The van der Waals surface area contributed by atoms with Crippen LogP contribution in [0, 0.1) is 6.92 Å². The van der Waals surface area contributed by atoms with Crippen LogP contribution < -0.4 is 4.90 Å². The Balaban J connectivity index is 1.63. The highest BCUT2D eigenvalue weighted by Crippen LogP contribution is 2.33. The van der Waals surface area contributed by atoms with E-state index in [0.29, 0.717) is 23.5 Å². The van der Waals surface area contributed by atoms with Crippen molar-refractivity contribution < 1.29 is 15.0 Å². The highest BCUT2D eigenvalue weighted by atomic mass is 16.4. The summed E-state index contributed by atoms with van der Waals surface area (Å²) >= 11 is 0. The Morgan fingerprint density at radius 2 is 1.86 bits per heavy atom. The van der Waals surface area contributed by atoms with Crippen molar-refractivity contribution in [2.24, 2.45) is 0 Å². The molecule has 0 amide bonds. The van der Waals surface area contributed by atoms with Crippen LogP contribution in [0.25, 0.3) is 11.4 Å². The van der Waals surface area contributed by atoms with E-state index in [1.54, 1.807) is 30.3 Å². The van der Waals surface area contributed by atoms with E-state index in [1.807, 2.05) is 31.2 Å². The van der Waals surface area contributed by atoms with Crippen LogP contribution in [0.2, 0.25) is 0 Å². The normalized spacial score (nSPS) is 16.3. The first-order valence-corrected chi connectivity index (χ1v) is 9.24. The van der Waals surface area contributed by atoms with Crippen LogP contribution in [0.1, 0.15) is 34.0 Å². The minimum atomic E-state index is -0.895. The maximum absolute atomic E-state index is 11.6. The SMILES string of the molecule is Cc1cc(N2CC[C@H](c3ccccc3C(=O)O)C2)nc(-c2ccccc2O)n1. The quantitative estimate of drug-likeness (QED) is 0.720. The molecule has 1 fully saturated rings. The average molecular weight is 375 g/mol. The molecule has 4 rings (SSSR count). The lowest BCUT2D eigenvalue weighted by atomic mass is 9.93. The molecule has 2 aromatic carbocycles. The summed E-state index contributed by atoms with van der Waals surface area (Å²) in [5.41, 5.74) is 2.64. The first-order valence-electron chi connectivity index (χ1n) is 9.24. The van der Waals surface area contributed by atoms with Gasteiger partial charge in [0.1, 0.15) is 11.6 Å². The summed E-state index contributed by atoms with van der Waals surface area (Å²) in [4.78, 5) is 22.9. The van der Waals surface area contributed by atoms with Gasteiger partial charge in [0.25, 0.3) is 0 Å². The molecule has 0 unspecified atom stereocenters. The third kappa shape index (κ3) is 3.41. The van der Waals surface area contributed by atoms with Gasteiger partial charge in [0.05, 0.1) is 11.1 Å². The zero-order valence-electron chi connectivity index (χ0n) is 15.5. The van der Waals surface area contributed by atoms with Gasteiger partial charge in [0.15, 0.2) is 5.82 Å². The summed E-state index contributed by atoms with van der Waals surface area (Å²) < 4.78 is 0. The molecule has 6 nitrogen and oxygen atoms in total. The van der Waals surface area contributed by atoms with Crippen LogP contribution in [0.4, 0.5) is 5.82 Å². The van der Waals surface area contributed by atoms with E-state index in [2.05, 4.69) is 14.9 Å². The van der Waals surface area contributed by atoms with Gasteiger partial charge >= 0.3 is 5.97 Å². The number of phenolic OH excluding ortho intramolecular Hbond substituents is 1. The number of para-hydroxylation sites is 1. The summed E-state index contributed by atoms with van der Waals surface area (Å²) in [5, 5.41) is 19.6. The Bertz CT molecular complexity index is 1040. The maximum Gasteiger partial charge on any atom is 0.335 e. The van der Waals surface area contributed by atoms with Crippen molar-refractivity contribution in [3.05, 3.63) is 71.4 Å². The molecule has 2 heterocycles. The number of aromatic carboxylic acids is 1. The van der Waals surface area contributed by atoms with Crippen LogP contribution in [0.3, 0.4) is 0 Å². The number of anilines is 1. The minimum Gasteiger partial charge on any atom is -0.507 e. The number of phenols is 1. The second kappa shape index (κ2) is 7.31. The van der Waals surface area contributed by atoms with E-state index in [0.717, 1.165) is 30.0 Å². The van der Waals surface area contributed by atoms with Gasteiger partial charge in [0, 0.05) is 30.8 Å². The van der Waals surface area contributed by atoms with Gasteiger partial charge in [-0.25, -0.2) is 14.8 Å². The van der Waals surface area contributed by atoms with Crippen LogP contribution in [-0.4, -0.2) is 39.2 Å². The van der Waals surface area contributed by atoms with Crippen LogP contribution in [0.15, 0.2) is 54.6 Å². The number of aromatic nitrogens is 2. The highest BCUT2D eigenvalue weighted by molar-refractivity contribution is 5.89. The maximum atomic E-state index is 11.6. The number of carbonyl (C=O) groups is 1. The Labute approximate surface area is 163 Å². The van der Waals surface area contributed by atoms with Gasteiger partial charge in [-0.15, -0.1) is 0 Å². The number of hydrogen-bond acceptors (Lipinski definition) is 5. The standard InChI is InChI=1S/C22H21N3O3/c1-14-12-20(24-21(23-14)18-8-4-5-9-19(18)26)25-11-10-15(13-25)16-6-2-3-7-17(16)22(27)28/h2-9,12,15,26H,10-11,13H2,1H3,(H,27,28)/t15-/m0/s1. The van der Waals surface area contributed by atoms with E-state index in [1.165, 1.54) is 0 Å². The van der Waals surface area contributed by atoms with Gasteiger partial charge in [-0.05, 0) is 37.1 Å². The predicted molar refractivity (Wildman–Crippen MR) is 107 cm³/mol. The van der Waals surface area contributed by atoms with Crippen LogP contribution in [-0.2, 0) is 0 Å². The number of carboxylic acid groups (broad SMARTS) is 1. The van der Waals surface area contributed by atoms with Crippen molar-refractivity contribution in [1.82, 2.24) is 9.97 Å². The van der Waals surface area contributed by atoms with Crippen molar-refractivity contribution in [2.75, 3.05) is 18.0 Å². The monoisotopic (exact) mass is 375 g/mol. The Hall–Kier alpha value is -3.41. The fourth-order valence-electron chi connectivity index (χ4n) is 3.77. The molecular weight excluding hydrogens is 354 g/mol. The van der Waals surface area contributed by atoms with E-state index in [9.17, 15) is 15.0 Å². The fourth-order valence-corrected chi connectivity index (χ4v) is 3.77. The second-order valence-corrected chi connectivity index (χ2v) is 7.03. The molecule has 0 radical (unpaired) electrons. The Kier molecular flexibility index (Phi) is 4.69. The van der Waals surface area contributed by atoms with Crippen molar-refractivity contribution >= 4 is 11.8 Å². The van der Waals surface area contributed by atoms with Gasteiger partial charge in [-0.3, -0.25) is 0 Å². The number of aromatic hydroxyl groups is 1. The van der Waals surface area contributed by atoms with E-state index >= 15 is 0 Å². The van der Waals surface area contributed by atoms with E-state index in [-0.39, 0.29) is 11.7 Å². The molecule has 0 saturated carbocycles. The summed E-state index contributed by atoms with van der Waals surface area (Å²) in [6.45, 7) is 3.39. The number of aryl methyl sites for hydroxylation is 1. The lowest BCUT2D eigenvalue weighted by Gasteiger charge is -2.19. The molecule has 1 aliphatic rings. The number of carboxylic acids is 1. The first-order chi connectivity index (χ1) is 13.5. The first kappa shape index (κ1) is 18.0. The number of rotatable bonds is 4. The third-order valence-electron chi connectivity index (χ3n) is 5.13. The molecule has 142 valence electrons. The number of nitrogens with zero attached hydrogens (tertiary/aromatic N) is 3. The zero-order chi connectivity index (χ0) is 19.7. The molecule has 2 N–H and O–H groups in total. The molecule has 0 bridgehead atoms. The second-order valence-electron chi connectivity index (χ2n) is 7.03. The lowest BCUT2D eigenvalue weighted by Crippen LogP contribution is -2.21. The fraction of sp³-hybridized carbons (Fsp3) is 0.227. The van der Waals surface area contributed by atoms with Crippen molar-refractivity contribution in [3.8, 4) is 17.1 Å². The molecule has 0 spiro atoms. The predicted octanol–water partition coefficient (Wildman–Crippen LogP) is 3.85. The van der Waals surface area contributed by atoms with Crippen molar-refractivity contribution in [1.29, 1.82) is 0 Å². The minimum absolute atomic E-state index is 0.135. The molecule has 1 aliphatic heterocycles. The van der Waals surface area contributed by atoms with Gasteiger partial charge in [-0.2, -0.15) is 0 Å². The zero-order valence-corrected chi connectivity index (χ0v) is 15.5.